The number of nitrogens with two attached hydrogens (primary N) is 1. The second-order valence-corrected chi connectivity index (χ2v) is 7.90. The van der Waals surface area contributed by atoms with Crippen molar-refractivity contribution in [3.05, 3.63) is 0 Å². The predicted octanol–water partition coefficient (Wildman–Crippen LogP) is 4.39. The van der Waals surface area contributed by atoms with E-state index in [0.29, 0.717) is 6.42 Å². The Kier molecular flexibility index (Phi) is 16.5. The van der Waals surface area contributed by atoms with Crippen molar-refractivity contribution in [2.45, 2.75) is 123 Å². The minimum absolute atomic E-state index is 0.0383. The van der Waals surface area contributed by atoms with Crippen molar-refractivity contribution in [2.24, 2.45) is 5.73 Å². The molecule has 6 nitrogen and oxygen atoms in total. The SMILES string of the molecule is CCCCCCCCCCCCCC(=O)NC(CCC(N)=O)C(=O)OC(C)C. The normalized spacial score (nSPS) is 12.0. The highest BCUT2D eigenvalue weighted by Gasteiger charge is 2.23. The second kappa shape index (κ2) is 17.5. The molecule has 0 fully saturated rings. The van der Waals surface area contributed by atoms with Crippen LogP contribution in [0.4, 0.5) is 0 Å². The van der Waals surface area contributed by atoms with Crippen molar-refractivity contribution in [1.29, 1.82) is 0 Å². The van der Waals surface area contributed by atoms with Gasteiger partial charge in [0.15, 0.2) is 0 Å². The van der Waals surface area contributed by atoms with Gasteiger partial charge in [-0.25, -0.2) is 4.79 Å². The Morgan fingerprint density at radius 3 is 1.79 bits per heavy atom. The van der Waals surface area contributed by atoms with Gasteiger partial charge < -0.3 is 15.8 Å². The zero-order chi connectivity index (χ0) is 21.2. The average molecular weight is 399 g/mol. The molecule has 2 amide bonds. The van der Waals surface area contributed by atoms with Crippen molar-refractivity contribution in [3.8, 4) is 0 Å². The zero-order valence-electron chi connectivity index (χ0n) is 18.3. The predicted molar refractivity (Wildman–Crippen MR) is 113 cm³/mol. The Hall–Kier alpha value is -1.59. The number of primary amides is 1. The maximum atomic E-state index is 12.1. The largest absolute Gasteiger partial charge is 0.461 e. The summed E-state index contributed by atoms with van der Waals surface area (Å²) in [5, 5.41) is 2.69. The minimum Gasteiger partial charge on any atom is -0.461 e. The molecule has 0 aliphatic carbocycles. The average Bonchev–Trinajstić information content (AvgIpc) is 2.62. The zero-order valence-corrected chi connectivity index (χ0v) is 18.3. The molecule has 6 heteroatoms. The number of rotatable bonds is 18. The molecule has 0 aromatic carbocycles. The lowest BCUT2D eigenvalue weighted by Gasteiger charge is -2.18. The van der Waals surface area contributed by atoms with E-state index in [-0.39, 0.29) is 24.9 Å². The molecule has 1 atom stereocenters. The van der Waals surface area contributed by atoms with E-state index < -0.39 is 17.9 Å². The molecule has 0 spiro atoms. The number of ether oxygens (including phenoxy) is 1. The Balaban J connectivity index is 3.89. The lowest BCUT2D eigenvalue weighted by atomic mass is 10.0. The Labute approximate surface area is 171 Å². The summed E-state index contributed by atoms with van der Waals surface area (Å²) >= 11 is 0. The van der Waals surface area contributed by atoms with Crippen LogP contribution >= 0.6 is 0 Å². The van der Waals surface area contributed by atoms with Crippen molar-refractivity contribution >= 4 is 17.8 Å². The van der Waals surface area contributed by atoms with Crippen molar-refractivity contribution in [3.63, 3.8) is 0 Å². The number of hydrogen-bond acceptors (Lipinski definition) is 4. The Morgan fingerprint density at radius 1 is 0.821 bits per heavy atom. The van der Waals surface area contributed by atoms with Crippen LogP contribution in [0.3, 0.4) is 0 Å². The van der Waals surface area contributed by atoms with Gasteiger partial charge in [0.25, 0.3) is 0 Å². The van der Waals surface area contributed by atoms with Gasteiger partial charge in [0, 0.05) is 12.8 Å². The van der Waals surface area contributed by atoms with Gasteiger partial charge in [-0.15, -0.1) is 0 Å². The van der Waals surface area contributed by atoms with E-state index in [2.05, 4.69) is 12.2 Å². The number of carbonyl (C=O) groups excluding carboxylic acids is 3. The molecule has 0 bridgehead atoms. The third-order valence-electron chi connectivity index (χ3n) is 4.66. The highest BCUT2D eigenvalue weighted by Crippen LogP contribution is 2.12. The quantitative estimate of drug-likeness (QED) is 0.264. The summed E-state index contributed by atoms with van der Waals surface area (Å²) in [6.45, 7) is 5.73. The highest BCUT2D eigenvalue weighted by atomic mass is 16.5. The molecule has 0 radical (unpaired) electrons. The summed E-state index contributed by atoms with van der Waals surface area (Å²) in [5.41, 5.74) is 5.15. The topological polar surface area (TPSA) is 98.5 Å². The van der Waals surface area contributed by atoms with E-state index in [1.165, 1.54) is 51.4 Å². The second-order valence-electron chi connectivity index (χ2n) is 7.90. The van der Waals surface area contributed by atoms with Gasteiger partial charge >= 0.3 is 5.97 Å². The third-order valence-corrected chi connectivity index (χ3v) is 4.66. The van der Waals surface area contributed by atoms with Crippen LogP contribution in [0.15, 0.2) is 0 Å². The number of nitrogens with one attached hydrogen (secondary N) is 1. The lowest BCUT2D eigenvalue weighted by Crippen LogP contribution is -2.43. The molecule has 0 heterocycles. The number of unbranched alkanes of at least 4 members (excludes halogenated alkanes) is 10. The van der Waals surface area contributed by atoms with Gasteiger partial charge in [0.05, 0.1) is 6.10 Å². The molecule has 1 unspecified atom stereocenters. The first-order chi connectivity index (χ1) is 13.4. The van der Waals surface area contributed by atoms with Crippen LogP contribution in [0, 0.1) is 0 Å². The van der Waals surface area contributed by atoms with Crippen molar-refractivity contribution in [2.75, 3.05) is 0 Å². The maximum Gasteiger partial charge on any atom is 0.328 e. The van der Waals surface area contributed by atoms with Gasteiger partial charge in [0.2, 0.25) is 11.8 Å². The number of esters is 1. The number of amides is 2. The molecule has 28 heavy (non-hydrogen) atoms. The molecule has 0 aliphatic rings. The van der Waals surface area contributed by atoms with Gasteiger partial charge in [-0.05, 0) is 26.7 Å². The highest BCUT2D eigenvalue weighted by molar-refractivity contribution is 5.85. The maximum absolute atomic E-state index is 12.1. The van der Waals surface area contributed by atoms with Crippen LogP contribution in [0.2, 0.25) is 0 Å². The van der Waals surface area contributed by atoms with Crippen LogP contribution in [0.5, 0.6) is 0 Å². The number of carbonyl (C=O) groups is 3. The fourth-order valence-corrected chi connectivity index (χ4v) is 3.07. The third kappa shape index (κ3) is 16.6. The van der Waals surface area contributed by atoms with Crippen LogP contribution in [0.1, 0.15) is 111 Å². The van der Waals surface area contributed by atoms with Crippen LogP contribution in [-0.2, 0) is 19.1 Å². The molecule has 0 aromatic rings. The van der Waals surface area contributed by atoms with Crippen LogP contribution < -0.4 is 11.1 Å². The first-order valence-electron chi connectivity index (χ1n) is 11.1. The lowest BCUT2D eigenvalue weighted by molar-refractivity contribution is -0.151. The van der Waals surface area contributed by atoms with E-state index in [0.717, 1.165) is 19.3 Å². The van der Waals surface area contributed by atoms with Crippen LogP contribution in [0.25, 0.3) is 0 Å². The summed E-state index contributed by atoms with van der Waals surface area (Å²) < 4.78 is 5.15. The Bertz CT molecular complexity index is 438. The van der Waals surface area contributed by atoms with Gasteiger partial charge in [-0.3, -0.25) is 9.59 Å². The fourth-order valence-electron chi connectivity index (χ4n) is 3.07. The molecule has 164 valence electrons. The molecule has 0 saturated heterocycles. The molecule has 3 N–H and O–H groups in total. The molecular formula is C22H42N2O4. The smallest absolute Gasteiger partial charge is 0.328 e. The molecule has 0 aliphatic heterocycles. The van der Waals surface area contributed by atoms with Crippen molar-refractivity contribution in [1.82, 2.24) is 5.32 Å². The fraction of sp³-hybridized carbons (Fsp3) is 0.864. The summed E-state index contributed by atoms with van der Waals surface area (Å²) in [5.74, 6) is -1.18. The summed E-state index contributed by atoms with van der Waals surface area (Å²) in [4.78, 5) is 35.2. The van der Waals surface area contributed by atoms with Gasteiger partial charge in [-0.1, -0.05) is 71.1 Å². The van der Waals surface area contributed by atoms with Gasteiger partial charge in [-0.2, -0.15) is 0 Å². The van der Waals surface area contributed by atoms with E-state index in [1.807, 2.05) is 0 Å². The molecular weight excluding hydrogens is 356 g/mol. The van der Waals surface area contributed by atoms with Crippen LogP contribution in [-0.4, -0.2) is 29.9 Å². The molecule has 0 saturated carbocycles. The summed E-state index contributed by atoms with van der Waals surface area (Å²) in [6, 6.07) is -0.810. The van der Waals surface area contributed by atoms with Gasteiger partial charge in [0.1, 0.15) is 6.04 Å². The van der Waals surface area contributed by atoms with Crippen molar-refractivity contribution < 1.29 is 19.1 Å². The van der Waals surface area contributed by atoms with E-state index in [1.54, 1.807) is 13.8 Å². The summed E-state index contributed by atoms with van der Waals surface area (Å²) in [7, 11) is 0. The monoisotopic (exact) mass is 398 g/mol. The van der Waals surface area contributed by atoms with E-state index >= 15 is 0 Å². The Morgan fingerprint density at radius 2 is 1.32 bits per heavy atom. The standard InChI is InChI=1S/C22H42N2O4/c1-4-5-6-7-8-9-10-11-12-13-14-15-21(26)24-19(16-17-20(23)25)22(27)28-18(2)3/h18-19H,4-17H2,1-3H3,(H2,23,25)(H,24,26). The first-order valence-corrected chi connectivity index (χ1v) is 11.1. The first kappa shape index (κ1) is 26.4. The summed E-state index contributed by atoms with van der Waals surface area (Å²) in [6.07, 6.45) is 13.8. The minimum atomic E-state index is -0.810. The molecule has 0 rings (SSSR count). The molecule has 0 aromatic heterocycles. The van der Waals surface area contributed by atoms with E-state index in [9.17, 15) is 14.4 Å². The van der Waals surface area contributed by atoms with E-state index in [4.69, 9.17) is 10.5 Å². The number of hydrogen-bond donors (Lipinski definition) is 2.